The Morgan fingerprint density at radius 2 is 1.93 bits per heavy atom. The molecule has 3 rings (SSSR count). The molecule has 3 amide bonds. The largest absolute Gasteiger partial charge is 0.443 e. The third-order valence-corrected chi connectivity index (χ3v) is 5.70. The lowest BCUT2D eigenvalue weighted by molar-refractivity contribution is 0.0569. The fourth-order valence-electron chi connectivity index (χ4n) is 3.30. The molecule has 2 aliphatic heterocycles. The van der Waals surface area contributed by atoms with Crippen LogP contribution in [0.2, 0.25) is 0 Å². The summed E-state index contributed by atoms with van der Waals surface area (Å²) >= 11 is 0. The molecular weight excluding hydrogens is 414 g/mol. The molecular formula is C17H27N7O5S. The Morgan fingerprint density at radius 1 is 1.27 bits per heavy atom. The van der Waals surface area contributed by atoms with E-state index in [9.17, 15) is 18.0 Å². The van der Waals surface area contributed by atoms with E-state index in [0.29, 0.717) is 38.3 Å². The highest BCUT2D eigenvalue weighted by atomic mass is 32.2. The molecule has 1 saturated heterocycles. The molecule has 0 atom stereocenters. The molecule has 0 saturated carbocycles. The highest BCUT2D eigenvalue weighted by Crippen LogP contribution is 2.29. The van der Waals surface area contributed by atoms with Crippen molar-refractivity contribution >= 4 is 34.0 Å². The molecule has 0 spiro atoms. The molecule has 1 aromatic rings. The summed E-state index contributed by atoms with van der Waals surface area (Å²) in [5.74, 6) is 1.22. The summed E-state index contributed by atoms with van der Waals surface area (Å²) < 4.78 is 33.8. The average Bonchev–Trinajstić information content (AvgIpc) is 2.60. The van der Waals surface area contributed by atoms with Gasteiger partial charge in [-0.15, -0.1) is 0 Å². The molecule has 3 N–H and O–H groups in total. The smallest absolute Gasteiger partial charge is 0.422 e. The van der Waals surface area contributed by atoms with Gasteiger partial charge in [0.05, 0.1) is 12.1 Å². The summed E-state index contributed by atoms with van der Waals surface area (Å²) in [5.41, 5.74) is 0.0278. The molecule has 1 fully saturated rings. The number of nitrogens with zero attached hydrogens (tertiary/aromatic N) is 4. The van der Waals surface area contributed by atoms with Gasteiger partial charge >= 0.3 is 22.3 Å². The van der Waals surface area contributed by atoms with Crippen molar-refractivity contribution in [1.29, 1.82) is 0 Å². The minimum atomic E-state index is -4.04. The lowest BCUT2D eigenvalue weighted by Crippen LogP contribution is -2.50. The zero-order chi connectivity index (χ0) is 22.1. The van der Waals surface area contributed by atoms with E-state index in [1.165, 1.54) is 6.33 Å². The summed E-state index contributed by atoms with van der Waals surface area (Å²) in [6.07, 6.45) is 1.43. The fraction of sp³-hybridized carbons (Fsp3) is 0.647. The molecule has 12 nitrogen and oxygen atoms in total. The monoisotopic (exact) mass is 441 g/mol. The van der Waals surface area contributed by atoms with Gasteiger partial charge < -0.3 is 14.5 Å². The van der Waals surface area contributed by atoms with Crippen LogP contribution in [-0.4, -0.2) is 67.2 Å². The minimum absolute atomic E-state index is 0.224. The number of urea groups is 1. The number of hydrogen-bond acceptors (Lipinski definition) is 8. The van der Waals surface area contributed by atoms with E-state index in [0.717, 1.165) is 11.4 Å². The molecule has 0 radical (unpaired) electrons. The van der Waals surface area contributed by atoms with Crippen molar-refractivity contribution in [2.75, 3.05) is 30.4 Å². The molecule has 166 valence electrons. The Morgan fingerprint density at radius 3 is 2.57 bits per heavy atom. The maximum Gasteiger partial charge on any atom is 0.422 e. The van der Waals surface area contributed by atoms with Gasteiger partial charge in [0.2, 0.25) is 0 Å². The number of aromatic nitrogens is 2. The van der Waals surface area contributed by atoms with E-state index in [-0.39, 0.29) is 12.1 Å². The third kappa shape index (κ3) is 5.48. The number of piperidine rings is 1. The molecule has 30 heavy (non-hydrogen) atoms. The number of ether oxygens (including phenoxy) is 1. The van der Waals surface area contributed by atoms with Crippen molar-refractivity contribution < 1.29 is 22.7 Å². The van der Waals surface area contributed by atoms with Crippen LogP contribution in [0.1, 0.15) is 39.2 Å². The Balaban J connectivity index is 1.59. The molecule has 1 aromatic heterocycles. The molecule has 0 aliphatic carbocycles. The van der Waals surface area contributed by atoms with Crippen molar-refractivity contribution in [3.05, 3.63) is 11.9 Å². The first-order chi connectivity index (χ1) is 13.9. The summed E-state index contributed by atoms with van der Waals surface area (Å²) in [5, 5.41) is 2.73. The molecule has 0 unspecified atom stereocenters. The Labute approximate surface area is 175 Å². The highest BCUT2D eigenvalue weighted by molar-refractivity contribution is 7.88. The number of amides is 3. The van der Waals surface area contributed by atoms with Gasteiger partial charge in [-0.2, -0.15) is 13.1 Å². The predicted octanol–water partition coefficient (Wildman–Crippen LogP) is 0.782. The van der Waals surface area contributed by atoms with Crippen molar-refractivity contribution in [3.63, 3.8) is 0 Å². The average molecular weight is 442 g/mol. The number of hydrogen-bond donors (Lipinski definition) is 3. The van der Waals surface area contributed by atoms with Crippen LogP contribution >= 0.6 is 0 Å². The van der Waals surface area contributed by atoms with Crippen LogP contribution in [0.5, 0.6) is 0 Å². The van der Waals surface area contributed by atoms with Gasteiger partial charge in [0.25, 0.3) is 0 Å². The molecule has 0 bridgehead atoms. The van der Waals surface area contributed by atoms with Crippen molar-refractivity contribution in [1.82, 2.24) is 24.3 Å². The van der Waals surface area contributed by atoms with Crippen molar-refractivity contribution in [2.45, 2.75) is 51.8 Å². The maximum atomic E-state index is 12.2. The summed E-state index contributed by atoms with van der Waals surface area (Å²) in [7, 11) is -2.35. The number of carbonyl (C=O) groups is 2. The van der Waals surface area contributed by atoms with Gasteiger partial charge in [-0.3, -0.25) is 5.32 Å². The van der Waals surface area contributed by atoms with Gasteiger partial charge in [0.15, 0.2) is 0 Å². The first-order valence-electron chi connectivity index (χ1n) is 9.57. The van der Waals surface area contributed by atoms with Crippen LogP contribution in [0.4, 0.5) is 21.2 Å². The lowest BCUT2D eigenvalue weighted by atomic mass is 10.1. The number of fused-ring (bicyclic) bond motifs is 1. The Bertz CT molecular complexity index is 923. The first kappa shape index (κ1) is 22.0. The number of nitrogens with one attached hydrogen (secondary N) is 3. The Kier molecular flexibility index (Phi) is 6.04. The standard InChI is InChI=1S/C17H27N7O5S/c1-17(2,3)29-16(26)22-30(27,28)21-11-5-7-24(8-6-11)14-12-9-23(4)15(25)20-13(12)18-10-19-14/h10-11,21H,5-9H2,1-4H3,(H,22,26)(H,18,19,20,25). The van der Waals surface area contributed by atoms with Gasteiger partial charge in [0, 0.05) is 26.2 Å². The van der Waals surface area contributed by atoms with Gasteiger partial charge in [-0.05, 0) is 33.6 Å². The van der Waals surface area contributed by atoms with Crippen LogP contribution in [0.15, 0.2) is 6.33 Å². The minimum Gasteiger partial charge on any atom is -0.443 e. The van der Waals surface area contributed by atoms with Gasteiger partial charge in [-0.25, -0.2) is 24.3 Å². The zero-order valence-electron chi connectivity index (χ0n) is 17.4. The van der Waals surface area contributed by atoms with Gasteiger partial charge in [-0.1, -0.05) is 0 Å². The molecule has 3 heterocycles. The number of carbonyl (C=O) groups excluding carboxylic acids is 2. The van der Waals surface area contributed by atoms with E-state index in [1.807, 2.05) is 9.62 Å². The SMILES string of the molecule is CN1Cc2c(ncnc2N2CCC(NS(=O)(=O)NC(=O)OC(C)(C)C)CC2)NC1=O. The first-order valence-corrected chi connectivity index (χ1v) is 11.1. The summed E-state index contributed by atoms with van der Waals surface area (Å²) in [4.78, 5) is 35.6. The van der Waals surface area contributed by atoms with Crippen molar-refractivity contribution in [2.24, 2.45) is 0 Å². The second-order valence-corrected chi connectivity index (χ2v) is 9.74. The molecule has 2 aliphatic rings. The van der Waals surface area contributed by atoms with Crippen LogP contribution in [-0.2, 0) is 21.5 Å². The lowest BCUT2D eigenvalue weighted by Gasteiger charge is -2.35. The van der Waals surface area contributed by atoms with E-state index in [1.54, 1.807) is 32.7 Å². The van der Waals surface area contributed by atoms with Crippen LogP contribution in [0, 0.1) is 0 Å². The maximum absolute atomic E-state index is 12.2. The number of rotatable bonds is 4. The quantitative estimate of drug-likeness (QED) is 0.621. The third-order valence-electron chi connectivity index (χ3n) is 4.62. The zero-order valence-corrected chi connectivity index (χ0v) is 18.2. The van der Waals surface area contributed by atoms with Crippen LogP contribution in [0.25, 0.3) is 0 Å². The second kappa shape index (κ2) is 8.22. The summed E-state index contributed by atoms with van der Waals surface area (Å²) in [6, 6.07) is -0.557. The van der Waals surface area contributed by atoms with E-state index in [4.69, 9.17) is 4.74 Å². The fourth-order valence-corrected chi connectivity index (χ4v) is 4.30. The number of anilines is 2. The van der Waals surface area contributed by atoms with Crippen LogP contribution in [0.3, 0.4) is 0 Å². The predicted molar refractivity (Wildman–Crippen MR) is 109 cm³/mol. The highest BCUT2D eigenvalue weighted by Gasteiger charge is 2.30. The van der Waals surface area contributed by atoms with Crippen LogP contribution < -0.4 is 19.7 Å². The van der Waals surface area contributed by atoms with E-state index in [2.05, 4.69) is 20.0 Å². The normalized spacial score (nSPS) is 17.9. The molecule has 13 heteroatoms. The van der Waals surface area contributed by atoms with E-state index < -0.39 is 21.9 Å². The topological polar surface area (TPSA) is 146 Å². The summed E-state index contributed by atoms with van der Waals surface area (Å²) in [6.45, 7) is 6.46. The Hall–Kier alpha value is -2.67. The molecule has 0 aromatic carbocycles. The van der Waals surface area contributed by atoms with E-state index >= 15 is 0 Å². The van der Waals surface area contributed by atoms with Gasteiger partial charge in [0.1, 0.15) is 23.6 Å². The second-order valence-electron chi connectivity index (χ2n) is 8.30. The van der Waals surface area contributed by atoms with Crippen molar-refractivity contribution in [3.8, 4) is 0 Å².